The third-order valence-corrected chi connectivity index (χ3v) is 0.705. The summed E-state index contributed by atoms with van der Waals surface area (Å²) in [6, 6.07) is 0. The van der Waals surface area contributed by atoms with Crippen molar-refractivity contribution in [2.45, 2.75) is 6.92 Å². The molecule has 46 valence electrons. The van der Waals surface area contributed by atoms with E-state index in [-0.39, 0.29) is 0 Å². The largest absolute Gasteiger partial charge is 0.394 e. The molecule has 0 aromatic heterocycles. The number of rotatable bonds is 2. The Labute approximate surface area is 50.3 Å². The molecule has 2 heteroatoms. The third kappa shape index (κ3) is 3.40. The lowest BCUT2D eigenvalue weighted by atomic mass is 10.4. The van der Waals surface area contributed by atoms with Crippen molar-refractivity contribution in [3.63, 3.8) is 0 Å². The molecular formula is C6H12N2. The SMILES string of the molecule is CN=C/C(C)=C\NC. The van der Waals surface area contributed by atoms with Crippen LogP contribution in [0.2, 0.25) is 0 Å². The van der Waals surface area contributed by atoms with E-state index in [1.165, 1.54) is 0 Å². The number of hydrogen-bond acceptors (Lipinski definition) is 2. The minimum Gasteiger partial charge on any atom is -0.394 e. The van der Waals surface area contributed by atoms with Gasteiger partial charge in [0.05, 0.1) is 0 Å². The molecule has 0 bridgehead atoms. The average molecular weight is 112 g/mol. The van der Waals surface area contributed by atoms with E-state index in [1.54, 1.807) is 13.3 Å². The molecule has 1 N–H and O–H groups in total. The van der Waals surface area contributed by atoms with E-state index in [0.29, 0.717) is 0 Å². The van der Waals surface area contributed by atoms with Crippen LogP contribution in [-0.2, 0) is 0 Å². The second kappa shape index (κ2) is 4.37. The Bertz CT molecular complexity index is 103. The number of allylic oxidation sites excluding steroid dienone is 1. The Morgan fingerprint density at radius 2 is 2.25 bits per heavy atom. The van der Waals surface area contributed by atoms with Crippen molar-refractivity contribution in [1.29, 1.82) is 0 Å². The zero-order chi connectivity index (χ0) is 6.41. The fourth-order valence-electron chi connectivity index (χ4n) is 0.469. The minimum absolute atomic E-state index is 1.13. The number of aliphatic imine (C=N–C) groups is 1. The molecule has 0 aromatic carbocycles. The van der Waals surface area contributed by atoms with Gasteiger partial charge in [-0.1, -0.05) is 0 Å². The molecule has 0 atom stereocenters. The van der Waals surface area contributed by atoms with Gasteiger partial charge in [0.2, 0.25) is 0 Å². The Morgan fingerprint density at radius 1 is 1.62 bits per heavy atom. The second-order valence-electron chi connectivity index (χ2n) is 1.56. The maximum atomic E-state index is 3.82. The Hall–Kier alpha value is -0.790. The third-order valence-electron chi connectivity index (χ3n) is 0.705. The van der Waals surface area contributed by atoms with Gasteiger partial charge in [-0.25, -0.2) is 0 Å². The monoisotopic (exact) mass is 112 g/mol. The van der Waals surface area contributed by atoms with Crippen molar-refractivity contribution in [3.05, 3.63) is 11.8 Å². The van der Waals surface area contributed by atoms with Crippen LogP contribution in [0.25, 0.3) is 0 Å². The van der Waals surface area contributed by atoms with Gasteiger partial charge in [0, 0.05) is 26.5 Å². The lowest BCUT2D eigenvalue weighted by Crippen LogP contribution is -1.94. The van der Waals surface area contributed by atoms with E-state index in [2.05, 4.69) is 10.3 Å². The van der Waals surface area contributed by atoms with Gasteiger partial charge in [0.15, 0.2) is 0 Å². The number of nitrogens with one attached hydrogen (secondary N) is 1. The van der Waals surface area contributed by atoms with Crippen molar-refractivity contribution in [2.24, 2.45) is 4.99 Å². The molecule has 0 rings (SSSR count). The summed E-state index contributed by atoms with van der Waals surface area (Å²) < 4.78 is 0. The molecule has 0 unspecified atom stereocenters. The van der Waals surface area contributed by atoms with Crippen LogP contribution in [0.4, 0.5) is 0 Å². The summed E-state index contributed by atoms with van der Waals surface area (Å²) in [5.74, 6) is 0. The quantitative estimate of drug-likeness (QED) is 0.525. The van der Waals surface area contributed by atoms with Crippen LogP contribution >= 0.6 is 0 Å². The molecule has 0 amide bonds. The first-order chi connectivity index (χ1) is 3.81. The molecule has 0 aliphatic carbocycles. The highest BCUT2D eigenvalue weighted by atomic mass is 14.8. The maximum Gasteiger partial charge on any atom is 0.0277 e. The molecule has 8 heavy (non-hydrogen) atoms. The highest BCUT2D eigenvalue weighted by Gasteiger charge is 1.74. The van der Waals surface area contributed by atoms with Crippen molar-refractivity contribution >= 4 is 6.21 Å². The van der Waals surface area contributed by atoms with Crippen LogP contribution in [-0.4, -0.2) is 20.3 Å². The predicted molar refractivity (Wildman–Crippen MR) is 37.2 cm³/mol. The minimum atomic E-state index is 1.13. The van der Waals surface area contributed by atoms with Gasteiger partial charge in [0.25, 0.3) is 0 Å². The van der Waals surface area contributed by atoms with Gasteiger partial charge < -0.3 is 5.32 Å². The molecule has 0 aliphatic rings. The van der Waals surface area contributed by atoms with Crippen molar-refractivity contribution < 1.29 is 0 Å². The molecule has 0 saturated carbocycles. The van der Waals surface area contributed by atoms with E-state index < -0.39 is 0 Å². The van der Waals surface area contributed by atoms with Gasteiger partial charge >= 0.3 is 0 Å². The highest BCUT2D eigenvalue weighted by molar-refractivity contribution is 5.77. The van der Waals surface area contributed by atoms with Crippen molar-refractivity contribution in [2.75, 3.05) is 14.1 Å². The van der Waals surface area contributed by atoms with Gasteiger partial charge in [-0.15, -0.1) is 0 Å². The first kappa shape index (κ1) is 7.21. The van der Waals surface area contributed by atoms with Crippen LogP contribution in [0.1, 0.15) is 6.92 Å². The van der Waals surface area contributed by atoms with Crippen molar-refractivity contribution in [3.8, 4) is 0 Å². The number of hydrogen-bond donors (Lipinski definition) is 1. The van der Waals surface area contributed by atoms with Gasteiger partial charge in [-0.2, -0.15) is 0 Å². The first-order valence-electron chi connectivity index (χ1n) is 2.57. The van der Waals surface area contributed by atoms with Crippen LogP contribution in [0.3, 0.4) is 0 Å². The normalized spacial score (nSPS) is 12.6. The summed E-state index contributed by atoms with van der Waals surface area (Å²) in [5.41, 5.74) is 1.13. The fourth-order valence-corrected chi connectivity index (χ4v) is 0.469. The van der Waals surface area contributed by atoms with E-state index in [0.717, 1.165) is 5.57 Å². The van der Waals surface area contributed by atoms with Crippen LogP contribution in [0.5, 0.6) is 0 Å². The zero-order valence-corrected chi connectivity index (χ0v) is 5.60. The Balaban J connectivity index is 3.61. The van der Waals surface area contributed by atoms with Crippen LogP contribution < -0.4 is 5.32 Å². The van der Waals surface area contributed by atoms with Crippen LogP contribution in [0, 0.1) is 0 Å². The Morgan fingerprint density at radius 3 is 2.62 bits per heavy atom. The standard InChI is InChI=1S/C6H12N2/c1-6(4-7-2)5-8-3/h4-5,7H,1-3H3/b6-4-,8-5?. The highest BCUT2D eigenvalue weighted by Crippen LogP contribution is 1.81. The van der Waals surface area contributed by atoms with Gasteiger partial charge in [-0.3, -0.25) is 4.99 Å². The summed E-state index contributed by atoms with van der Waals surface area (Å²) in [4.78, 5) is 3.82. The van der Waals surface area contributed by atoms with E-state index in [9.17, 15) is 0 Å². The zero-order valence-electron chi connectivity index (χ0n) is 5.60. The fraction of sp³-hybridized carbons (Fsp3) is 0.500. The summed E-state index contributed by atoms with van der Waals surface area (Å²) in [6.45, 7) is 1.99. The molecule has 0 fully saturated rings. The van der Waals surface area contributed by atoms with Gasteiger partial charge in [-0.05, 0) is 12.5 Å². The topological polar surface area (TPSA) is 24.4 Å². The predicted octanol–water partition coefficient (Wildman–Crippen LogP) is 0.810. The van der Waals surface area contributed by atoms with Crippen LogP contribution in [0.15, 0.2) is 16.8 Å². The molecule has 0 spiro atoms. The molecule has 0 saturated heterocycles. The number of nitrogens with zero attached hydrogens (tertiary/aromatic N) is 1. The summed E-state index contributed by atoms with van der Waals surface area (Å²) in [6.07, 6.45) is 3.70. The van der Waals surface area contributed by atoms with E-state index >= 15 is 0 Å². The molecular weight excluding hydrogens is 100 g/mol. The average Bonchev–Trinajstić information content (AvgIpc) is 1.68. The Kier molecular flexibility index (Phi) is 3.94. The second-order valence-corrected chi connectivity index (χ2v) is 1.56. The maximum absolute atomic E-state index is 3.82. The van der Waals surface area contributed by atoms with Gasteiger partial charge in [0.1, 0.15) is 0 Å². The molecule has 2 nitrogen and oxygen atoms in total. The summed E-state index contributed by atoms with van der Waals surface area (Å²) in [7, 11) is 3.62. The smallest absolute Gasteiger partial charge is 0.0277 e. The molecule has 0 aliphatic heterocycles. The summed E-state index contributed by atoms with van der Waals surface area (Å²) in [5, 5.41) is 2.90. The molecule has 0 aromatic rings. The lowest BCUT2D eigenvalue weighted by Gasteiger charge is -1.87. The molecule has 0 radical (unpaired) electrons. The lowest BCUT2D eigenvalue weighted by molar-refractivity contribution is 1.09. The van der Waals surface area contributed by atoms with E-state index in [4.69, 9.17) is 0 Å². The summed E-state index contributed by atoms with van der Waals surface area (Å²) >= 11 is 0. The van der Waals surface area contributed by atoms with E-state index in [1.807, 2.05) is 20.2 Å². The first-order valence-corrected chi connectivity index (χ1v) is 2.57. The molecule has 0 heterocycles. The van der Waals surface area contributed by atoms with Crippen molar-refractivity contribution in [1.82, 2.24) is 5.32 Å².